The lowest BCUT2D eigenvalue weighted by molar-refractivity contribution is 0.640. The van der Waals surface area contributed by atoms with Crippen molar-refractivity contribution in [2.24, 2.45) is 0 Å². The molecule has 0 fully saturated rings. The Kier molecular flexibility index (Phi) is 4.83. The largest absolute Gasteiger partial charge is 0.382 e. The number of fused-ring (bicyclic) bond motifs is 1. The van der Waals surface area contributed by atoms with Crippen LogP contribution in [0.3, 0.4) is 0 Å². The molecule has 0 aliphatic carbocycles. The van der Waals surface area contributed by atoms with Gasteiger partial charge in [-0.25, -0.2) is 14.4 Å². The van der Waals surface area contributed by atoms with E-state index in [1.165, 1.54) is 6.07 Å². The molecule has 0 aliphatic rings. The van der Waals surface area contributed by atoms with Crippen molar-refractivity contribution in [1.82, 2.24) is 9.97 Å². The summed E-state index contributed by atoms with van der Waals surface area (Å²) >= 11 is 0. The molecule has 0 aliphatic heterocycles. The summed E-state index contributed by atoms with van der Waals surface area (Å²) in [7, 11) is 1.80. The fraction of sp³-hybridized carbons (Fsp3) is 0.300. The van der Waals surface area contributed by atoms with E-state index in [1.807, 2.05) is 25.1 Å². The molecular weight excluding hydrogens is 315 g/mol. The van der Waals surface area contributed by atoms with Gasteiger partial charge in [0, 0.05) is 24.5 Å². The second kappa shape index (κ2) is 7.05. The molecule has 3 rings (SSSR count). The number of aromatic nitrogens is 2. The lowest BCUT2D eigenvalue weighted by atomic mass is 9.98. The van der Waals surface area contributed by atoms with Crippen LogP contribution >= 0.6 is 0 Å². The summed E-state index contributed by atoms with van der Waals surface area (Å²) in [6.07, 6.45) is 0. The molecular formula is C20H23FN4. The Bertz CT molecular complexity index is 906. The summed E-state index contributed by atoms with van der Waals surface area (Å²) in [5.74, 6) is 0.569. The Labute approximate surface area is 147 Å². The van der Waals surface area contributed by atoms with E-state index >= 15 is 0 Å². The molecule has 5 heteroatoms. The van der Waals surface area contributed by atoms with Gasteiger partial charge in [0.15, 0.2) is 0 Å². The third-order valence-corrected chi connectivity index (χ3v) is 4.19. The maximum atomic E-state index is 14.2. The molecule has 1 heterocycles. The molecule has 0 unspecified atom stereocenters. The fourth-order valence-corrected chi connectivity index (χ4v) is 3.02. The molecule has 0 amide bonds. The van der Waals surface area contributed by atoms with Crippen LogP contribution in [0.1, 0.15) is 32.4 Å². The maximum absolute atomic E-state index is 14.2. The number of halogens is 1. The molecule has 2 N–H and O–H groups in total. The number of anilines is 2. The molecule has 1 aromatic heterocycles. The second-order valence-electron chi connectivity index (χ2n) is 6.23. The minimum absolute atomic E-state index is 0.226. The van der Waals surface area contributed by atoms with Crippen LogP contribution in [0.2, 0.25) is 0 Å². The van der Waals surface area contributed by atoms with E-state index in [0.717, 1.165) is 34.6 Å². The number of nitrogens with one attached hydrogen (secondary N) is 2. The molecule has 0 saturated carbocycles. The van der Waals surface area contributed by atoms with Gasteiger partial charge < -0.3 is 10.6 Å². The van der Waals surface area contributed by atoms with Crippen molar-refractivity contribution in [3.05, 3.63) is 47.9 Å². The van der Waals surface area contributed by atoms with E-state index in [0.29, 0.717) is 11.3 Å². The van der Waals surface area contributed by atoms with Crippen molar-refractivity contribution in [2.45, 2.75) is 26.7 Å². The molecule has 130 valence electrons. The molecule has 0 spiro atoms. The zero-order valence-corrected chi connectivity index (χ0v) is 15.0. The van der Waals surface area contributed by atoms with Crippen molar-refractivity contribution in [1.29, 1.82) is 0 Å². The molecule has 0 bridgehead atoms. The highest BCUT2D eigenvalue weighted by Gasteiger charge is 2.19. The highest BCUT2D eigenvalue weighted by molar-refractivity contribution is 5.99. The third-order valence-electron chi connectivity index (χ3n) is 4.19. The summed E-state index contributed by atoms with van der Waals surface area (Å²) in [5.41, 5.74) is 3.55. The van der Waals surface area contributed by atoms with Crippen LogP contribution in [0, 0.1) is 5.82 Å². The zero-order valence-electron chi connectivity index (χ0n) is 15.0. The minimum atomic E-state index is -0.226. The smallest absolute Gasteiger partial charge is 0.223 e. The highest BCUT2D eigenvalue weighted by Crippen LogP contribution is 2.37. The molecule has 0 radical (unpaired) electrons. The summed E-state index contributed by atoms with van der Waals surface area (Å²) in [5, 5.41) is 7.89. The monoisotopic (exact) mass is 338 g/mol. The van der Waals surface area contributed by atoms with Gasteiger partial charge in [-0.05, 0) is 30.4 Å². The van der Waals surface area contributed by atoms with Crippen molar-refractivity contribution in [2.75, 3.05) is 24.2 Å². The zero-order chi connectivity index (χ0) is 18.0. The Hall–Kier alpha value is -2.69. The molecule has 4 nitrogen and oxygen atoms in total. The van der Waals surface area contributed by atoms with Crippen molar-refractivity contribution in [3.8, 4) is 11.3 Å². The summed E-state index contributed by atoms with van der Waals surface area (Å²) in [4.78, 5) is 9.33. The van der Waals surface area contributed by atoms with Gasteiger partial charge in [0.1, 0.15) is 5.82 Å². The molecule has 0 saturated heterocycles. The highest BCUT2D eigenvalue weighted by atomic mass is 19.1. The lowest BCUT2D eigenvalue weighted by Gasteiger charge is -2.19. The van der Waals surface area contributed by atoms with Gasteiger partial charge in [0.2, 0.25) is 5.95 Å². The van der Waals surface area contributed by atoms with E-state index in [2.05, 4.69) is 29.5 Å². The van der Waals surface area contributed by atoms with Crippen molar-refractivity contribution in [3.63, 3.8) is 0 Å². The second-order valence-corrected chi connectivity index (χ2v) is 6.23. The normalized spacial score (nSPS) is 11.1. The van der Waals surface area contributed by atoms with E-state index in [-0.39, 0.29) is 11.7 Å². The van der Waals surface area contributed by atoms with Gasteiger partial charge in [-0.3, -0.25) is 0 Å². The number of hydrogen-bond donors (Lipinski definition) is 2. The van der Waals surface area contributed by atoms with E-state index < -0.39 is 0 Å². The molecule has 25 heavy (non-hydrogen) atoms. The van der Waals surface area contributed by atoms with Gasteiger partial charge in [0.05, 0.1) is 17.1 Å². The van der Waals surface area contributed by atoms with E-state index in [4.69, 9.17) is 4.98 Å². The predicted molar refractivity (Wildman–Crippen MR) is 103 cm³/mol. The number of nitrogens with zero attached hydrogens (tertiary/aromatic N) is 2. The topological polar surface area (TPSA) is 49.8 Å². The Morgan fingerprint density at radius 3 is 2.40 bits per heavy atom. The number of rotatable bonds is 5. The van der Waals surface area contributed by atoms with Crippen LogP contribution in [-0.4, -0.2) is 23.6 Å². The first kappa shape index (κ1) is 17.1. The van der Waals surface area contributed by atoms with Gasteiger partial charge in [-0.15, -0.1) is 0 Å². The Morgan fingerprint density at radius 1 is 1.04 bits per heavy atom. The number of benzene rings is 2. The lowest BCUT2D eigenvalue weighted by Crippen LogP contribution is -2.11. The first-order chi connectivity index (χ1) is 12.1. The minimum Gasteiger partial charge on any atom is -0.382 e. The molecule has 3 aromatic rings. The molecule has 2 aromatic carbocycles. The number of hydrogen-bond acceptors (Lipinski definition) is 4. The van der Waals surface area contributed by atoms with Crippen LogP contribution in [0.15, 0.2) is 36.4 Å². The maximum Gasteiger partial charge on any atom is 0.223 e. The van der Waals surface area contributed by atoms with E-state index in [9.17, 15) is 4.39 Å². The van der Waals surface area contributed by atoms with Gasteiger partial charge in [0.25, 0.3) is 0 Å². The third kappa shape index (κ3) is 3.14. The average Bonchev–Trinajstić information content (AvgIpc) is 2.62. The van der Waals surface area contributed by atoms with Crippen LogP contribution in [0.4, 0.5) is 16.0 Å². The van der Waals surface area contributed by atoms with Crippen LogP contribution in [0.5, 0.6) is 0 Å². The summed E-state index contributed by atoms with van der Waals surface area (Å²) in [6, 6.07) is 10.8. The predicted octanol–water partition coefficient (Wildman–Crippen LogP) is 5.03. The Morgan fingerprint density at radius 2 is 1.76 bits per heavy atom. The van der Waals surface area contributed by atoms with Gasteiger partial charge >= 0.3 is 0 Å². The standard InChI is InChI=1S/C20H23FN4/c1-5-23-19-17(12(2)3)24-20(22-4)25-18(19)15-10-11-16(21)14-9-7-6-8-13(14)15/h6-12,23H,5H2,1-4H3,(H,22,24,25). The fourth-order valence-electron chi connectivity index (χ4n) is 3.02. The Balaban J connectivity index is 2.37. The van der Waals surface area contributed by atoms with Gasteiger partial charge in [-0.2, -0.15) is 0 Å². The SMILES string of the molecule is CCNc1c(-c2ccc(F)c3ccccc23)nc(NC)nc1C(C)C. The van der Waals surface area contributed by atoms with E-state index in [1.54, 1.807) is 19.2 Å². The van der Waals surface area contributed by atoms with Crippen molar-refractivity contribution >= 4 is 22.4 Å². The summed E-state index contributed by atoms with van der Waals surface area (Å²) in [6.45, 7) is 7.01. The van der Waals surface area contributed by atoms with Crippen LogP contribution < -0.4 is 10.6 Å². The first-order valence-electron chi connectivity index (χ1n) is 8.58. The average molecular weight is 338 g/mol. The van der Waals surface area contributed by atoms with Crippen LogP contribution in [-0.2, 0) is 0 Å². The summed E-state index contributed by atoms with van der Waals surface area (Å²) < 4.78 is 14.2. The van der Waals surface area contributed by atoms with Crippen LogP contribution in [0.25, 0.3) is 22.0 Å². The first-order valence-corrected chi connectivity index (χ1v) is 8.58. The molecule has 0 atom stereocenters. The van der Waals surface area contributed by atoms with Gasteiger partial charge in [-0.1, -0.05) is 38.1 Å². The quantitative estimate of drug-likeness (QED) is 0.685. The van der Waals surface area contributed by atoms with Crippen molar-refractivity contribution < 1.29 is 4.39 Å².